The Hall–Kier alpha value is -4.71. The number of esters is 3. The van der Waals surface area contributed by atoms with Crippen molar-refractivity contribution in [1.29, 1.82) is 0 Å². The number of ether oxygens (including phenoxy) is 3. The molecule has 0 heterocycles. The molecule has 0 bridgehead atoms. The Morgan fingerprint density at radius 2 is 0.506 bits per heavy atom. The third kappa shape index (κ3) is 62.0. The van der Waals surface area contributed by atoms with Gasteiger partial charge in [0.05, 0.1) is 0 Å². The molecule has 6 nitrogen and oxygen atoms in total. The smallest absolute Gasteiger partial charge is 0.306 e. The molecule has 0 N–H and O–H groups in total. The summed E-state index contributed by atoms with van der Waals surface area (Å²) in [7, 11) is 0. The zero-order valence-electron chi connectivity index (χ0n) is 49.7. The second-order valence-corrected chi connectivity index (χ2v) is 20.2. The third-order valence-corrected chi connectivity index (χ3v) is 12.8. The molecule has 1 unspecified atom stereocenters. The van der Waals surface area contributed by atoms with Crippen molar-refractivity contribution >= 4 is 17.9 Å². The van der Waals surface area contributed by atoms with E-state index in [0.29, 0.717) is 19.3 Å². The fourth-order valence-electron chi connectivity index (χ4n) is 8.15. The van der Waals surface area contributed by atoms with E-state index in [0.717, 1.165) is 161 Å². The minimum Gasteiger partial charge on any atom is -0.462 e. The molecule has 1 atom stereocenters. The summed E-state index contributed by atoms with van der Waals surface area (Å²) in [5.41, 5.74) is 0. The second kappa shape index (κ2) is 63.8. The third-order valence-electron chi connectivity index (χ3n) is 12.8. The van der Waals surface area contributed by atoms with Gasteiger partial charge >= 0.3 is 17.9 Å². The van der Waals surface area contributed by atoms with Crippen LogP contribution in [0.5, 0.6) is 0 Å². The molecule has 0 radical (unpaired) electrons. The van der Waals surface area contributed by atoms with E-state index in [-0.39, 0.29) is 31.1 Å². The van der Waals surface area contributed by atoms with Gasteiger partial charge in [0.1, 0.15) is 13.2 Å². The van der Waals surface area contributed by atoms with Gasteiger partial charge in [-0.3, -0.25) is 14.4 Å². The van der Waals surface area contributed by atoms with Crippen LogP contribution in [0, 0.1) is 0 Å². The molecule has 77 heavy (non-hydrogen) atoms. The molecule has 0 saturated heterocycles. The predicted molar refractivity (Wildman–Crippen MR) is 334 cm³/mol. The van der Waals surface area contributed by atoms with Crippen LogP contribution in [0.2, 0.25) is 0 Å². The first-order valence-corrected chi connectivity index (χ1v) is 31.3. The zero-order valence-corrected chi connectivity index (χ0v) is 49.7. The maximum Gasteiger partial charge on any atom is 0.306 e. The molecule has 0 aliphatic rings. The number of allylic oxidation sites excluding steroid dienone is 24. The van der Waals surface area contributed by atoms with E-state index in [9.17, 15) is 14.4 Å². The molecular formula is C71H114O6. The first-order chi connectivity index (χ1) is 38.0. The van der Waals surface area contributed by atoms with E-state index in [4.69, 9.17) is 14.2 Å². The average Bonchev–Trinajstić information content (AvgIpc) is 3.43. The molecule has 0 aromatic heterocycles. The fraction of sp³-hybridized carbons (Fsp3) is 0.620. The molecule has 0 saturated carbocycles. The standard InChI is InChI=1S/C71H114O6/c1-4-7-10-13-16-19-21-23-25-26-27-28-29-30-31-32-33-34-35-36-37-38-39-40-41-42-43-44-46-47-49-52-55-58-61-64-70(73)76-67-68(66-75-69(72)63-60-57-54-51-18-15-12-9-6-3)77-71(74)65-62-59-56-53-50-48-45-24-22-20-17-14-11-8-5-2/h7,10,16-17,19-20,23-25,27-28,30-31,33-34,36-37,39-40,42-43,45-47,68H,4-6,8-9,11-15,18,21-22,26,29,32,35,38,41,44,48-67H2,1-3H3/b10-7-,19-16-,20-17-,25-23-,28-27-,31-30-,34-33-,37-36-,40-39-,43-42-,45-24-,47-46-. The van der Waals surface area contributed by atoms with Gasteiger partial charge in [-0.05, 0) is 128 Å². The molecule has 6 heteroatoms. The van der Waals surface area contributed by atoms with Gasteiger partial charge in [0.25, 0.3) is 0 Å². The van der Waals surface area contributed by atoms with Crippen LogP contribution < -0.4 is 0 Å². The van der Waals surface area contributed by atoms with Crippen LogP contribution >= 0.6 is 0 Å². The van der Waals surface area contributed by atoms with Crippen molar-refractivity contribution in [2.24, 2.45) is 0 Å². The van der Waals surface area contributed by atoms with Crippen LogP contribution in [-0.2, 0) is 28.6 Å². The summed E-state index contributed by atoms with van der Waals surface area (Å²) in [5.74, 6) is -0.941. The Kier molecular flexibility index (Phi) is 59.9. The summed E-state index contributed by atoms with van der Waals surface area (Å²) in [6.07, 6.45) is 91.5. The lowest BCUT2D eigenvalue weighted by atomic mass is 10.1. The van der Waals surface area contributed by atoms with Gasteiger partial charge in [-0.2, -0.15) is 0 Å². The first-order valence-electron chi connectivity index (χ1n) is 31.3. The van der Waals surface area contributed by atoms with Crippen LogP contribution in [0.25, 0.3) is 0 Å². The Balaban J connectivity index is 4.26. The Bertz CT molecular complexity index is 1700. The topological polar surface area (TPSA) is 78.9 Å². The predicted octanol–water partition coefficient (Wildman–Crippen LogP) is 21.5. The van der Waals surface area contributed by atoms with Crippen molar-refractivity contribution in [2.75, 3.05) is 13.2 Å². The minimum atomic E-state index is -0.799. The Morgan fingerprint density at radius 3 is 0.818 bits per heavy atom. The number of hydrogen-bond donors (Lipinski definition) is 0. The first kappa shape index (κ1) is 72.3. The highest BCUT2D eigenvalue weighted by Crippen LogP contribution is 2.14. The molecule has 0 aromatic rings. The molecule has 0 aliphatic carbocycles. The maximum absolute atomic E-state index is 12.8. The highest BCUT2D eigenvalue weighted by Gasteiger charge is 2.19. The summed E-state index contributed by atoms with van der Waals surface area (Å²) in [6, 6.07) is 0. The molecular weight excluding hydrogens is 949 g/mol. The van der Waals surface area contributed by atoms with E-state index in [2.05, 4.69) is 167 Å². The average molecular weight is 1060 g/mol. The van der Waals surface area contributed by atoms with Crippen LogP contribution in [0.3, 0.4) is 0 Å². The maximum atomic E-state index is 12.8. The van der Waals surface area contributed by atoms with Crippen LogP contribution in [0.15, 0.2) is 146 Å². The van der Waals surface area contributed by atoms with Gasteiger partial charge in [-0.15, -0.1) is 0 Å². The van der Waals surface area contributed by atoms with Gasteiger partial charge in [-0.1, -0.05) is 263 Å². The van der Waals surface area contributed by atoms with Crippen LogP contribution in [-0.4, -0.2) is 37.2 Å². The fourth-order valence-corrected chi connectivity index (χ4v) is 8.15. The highest BCUT2D eigenvalue weighted by molar-refractivity contribution is 5.71. The summed E-state index contributed by atoms with van der Waals surface area (Å²) in [6.45, 7) is 6.44. The van der Waals surface area contributed by atoms with Crippen LogP contribution in [0.1, 0.15) is 265 Å². The zero-order chi connectivity index (χ0) is 55.7. The molecule has 0 aliphatic heterocycles. The van der Waals surface area contributed by atoms with E-state index >= 15 is 0 Å². The molecule has 0 aromatic carbocycles. The van der Waals surface area contributed by atoms with Crippen molar-refractivity contribution in [1.82, 2.24) is 0 Å². The molecule has 0 fully saturated rings. The van der Waals surface area contributed by atoms with E-state index in [1.54, 1.807) is 0 Å². The van der Waals surface area contributed by atoms with Gasteiger partial charge in [0, 0.05) is 19.3 Å². The Morgan fingerprint density at radius 1 is 0.273 bits per heavy atom. The number of carbonyl (C=O) groups excluding carboxylic acids is 3. The number of hydrogen-bond acceptors (Lipinski definition) is 6. The highest BCUT2D eigenvalue weighted by atomic mass is 16.6. The van der Waals surface area contributed by atoms with E-state index in [1.165, 1.54) is 64.2 Å². The van der Waals surface area contributed by atoms with E-state index in [1.807, 2.05) is 0 Å². The van der Waals surface area contributed by atoms with Crippen molar-refractivity contribution in [3.63, 3.8) is 0 Å². The molecule has 0 rings (SSSR count). The second-order valence-electron chi connectivity index (χ2n) is 20.2. The van der Waals surface area contributed by atoms with Crippen molar-refractivity contribution in [2.45, 2.75) is 271 Å². The SMILES string of the molecule is CC/C=C\C/C=C\C/C=C\C/C=C\C/C=C\C/C=C\C/C=C\C/C=C\C/C=C\C/C=C\CCCCCCC(=O)OCC(COC(=O)CCCCCCCCCCC)OC(=O)CCCCCCC/C=C\C/C=C\CCCCC. The van der Waals surface area contributed by atoms with Gasteiger partial charge in [0.15, 0.2) is 6.10 Å². The normalized spacial score (nSPS) is 13.1. The number of carbonyl (C=O) groups is 3. The molecule has 0 spiro atoms. The molecule has 434 valence electrons. The van der Waals surface area contributed by atoms with E-state index < -0.39 is 6.10 Å². The quantitative estimate of drug-likeness (QED) is 0.0261. The summed E-state index contributed by atoms with van der Waals surface area (Å²) in [5, 5.41) is 0. The van der Waals surface area contributed by atoms with Gasteiger partial charge in [-0.25, -0.2) is 0 Å². The Labute approximate surface area is 474 Å². The van der Waals surface area contributed by atoms with Crippen molar-refractivity contribution in [3.05, 3.63) is 146 Å². The van der Waals surface area contributed by atoms with Gasteiger partial charge in [0.2, 0.25) is 0 Å². The summed E-state index contributed by atoms with van der Waals surface area (Å²) >= 11 is 0. The monoisotopic (exact) mass is 1060 g/mol. The minimum absolute atomic E-state index is 0.0943. The van der Waals surface area contributed by atoms with Crippen molar-refractivity contribution < 1.29 is 28.6 Å². The molecule has 0 amide bonds. The lowest BCUT2D eigenvalue weighted by Gasteiger charge is -2.18. The lowest BCUT2D eigenvalue weighted by Crippen LogP contribution is -2.30. The lowest BCUT2D eigenvalue weighted by molar-refractivity contribution is -0.167. The number of rotatable bonds is 55. The summed E-state index contributed by atoms with van der Waals surface area (Å²) < 4.78 is 16.8. The van der Waals surface area contributed by atoms with Gasteiger partial charge < -0.3 is 14.2 Å². The van der Waals surface area contributed by atoms with Crippen molar-refractivity contribution in [3.8, 4) is 0 Å². The largest absolute Gasteiger partial charge is 0.462 e. The number of unbranched alkanes of at least 4 members (excludes halogenated alkanes) is 20. The van der Waals surface area contributed by atoms with Crippen LogP contribution in [0.4, 0.5) is 0 Å². The summed E-state index contributed by atoms with van der Waals surface area (Å²) in [4.78, 5) is 38.1.